The third kappa shape index (κ3) is 2.41. The topological polar surface area (TPSA) is 29.0 Å². The Labute approximate surface area is 128 Å². The maximum Gasteiger partial charge on any atom is 0.159 e. The summed E-state index contributed by atoms with van der Waals surface area (Å²) in [7, 11) is 2.15. The predicted octanol–water partition coefficient (Wildman–Crippen LogP) is 4.08. The van der Waals surface area contributed by atoms with E-state index < -0.39 is 0 Å². The molecule has 2 aromatic rings. The van der Waals surface area contributed by atoms with Gasteiger partial charge in [-0.25, -0.2) is 0 Å². The van der Waals surface area contributed by atoms with Crippen molar-refractivity contribution in [3.8, 4) is 0 Å². The van der Waals surface area contributed by atoms with E-state index in [9.17, 15) is 0 Å². The molecule has 1 fully saturated rings. The molecule has 0 amide bonds. The van der Waals surface area contributed by atoms with E-state index in [1.165, 1.54) is 36.5 Å². The zero-order valence-corrected chi connectivity index (χ0v) is 13.6. The van der Waals surface area contributed by atoms with Crippen LogP contribution in [0.4, 0.5) is 5.82 Å². The van der Waals surface area contributed by atoms with Crippen LogP contribution >= 0.6 is 15.9 Å². The minimum atomic E-state index is 0.504. The minimum Gasteiger partial charge on any atom is -0.354 e. The third-order valence-corrected chi connectivity index (χ3v) is 5.40. The molecule has 0 bridgehead atoms. The van der Waals surface area contributed by atoms with Gasteiger partial charge >= 0.3 is 0 Å². The van der Waals surface area contributed by atoms with Gasteiger partial charge in [-0.1, -0.05) is 53.0 Å². The number of aryl methyl sites for hydroxylation is 1. The molecule has 0 radical (unpaired) electrons. The number of hydrogen-bond acceptors (Lipinski definition) is 3. The van der Waals surface area contributed by atoms with Crippen LogP contribution in [0.3, 0.4) is 0 Å². The predicted molar refractivity (Wildman–Crippen MR) is 87.6 cm³/mol. The van der Waals surface area contributed by atoms with E-state index >= 15 is 0 Å². The van der Waals surface area contributed by atoms with Gasteiger partial charge in [-0.3, -0.25) is 0 Å². The van der Waals surface area contributed by atoms with Gasteiger partial charge < -0.3 is 4.90 Å². The maximum absolute atomic E-state index is 4.47. The monoisotopic (exact) mass is 333 g/mol. The summed E-state index contributed by atoms with van der Waals surface area (Å²) in [5.74, 6) is 1.00. The quantitative estimate of drug-likeness (QED) is 0.775. The highest BCUT2D eigenvalue weighted by atomic mass is 79.9. The fraction of sp³-hybridized carbons (Fsp3) is 0.500. The molecule has 2 unspecified atom stereocenters. The molecular formula is C16H20BrN3. The van der Waals surface area contributed by atoms with Gasteiger partial charge in [0.1, 0.15) is 0 Å². The number of hydrogen-bond donors (Lipinski definition) is 0. The molecule has 3 rings (SSSR count). The number of alkyl halides is 1. The van der Waals surface area contributed by atoms with Crippen molar-refractivity contribution >= 4 is 32.5 Å². The molecule has 2 atom stereocenters. The SMILES string of the molecule is Cc1nnc(N(C)C2CCCCC2Br)c2ccccc12. The van der Waals surface area contributed by atoms with Crippen molar-refractivity contribution in [3.05, 3.63) is 30.0 Å². The summed E-state index contributed by atoms with van der Waals surface area (Å²) < 4.78 is 0. The number of aromatic nitrogens is 2. The first kappa shape index (κ1) is 13.8. The van der Waals surface area contributed by atoms with E-state index in [0.717, 1.165) is 11.5 Å². The van der Waals surface area contributed by atoms with Crippen molar-refractivity contribution in [1.82, 2.24) is 10.2 Å². The molecule has 3 nitrogen and oxygen atoms in total. The van der Waals surface area contributed by atoms with E-state index in [4.69, 9.17) is 0 Å². The van der Waals surface area contributed by atoms with Crippen LogP contribution in [-0.4, -0.2) is 28.1 Å². The van der Waals surface area contributed by atoms with Crippen LogP contribution in [0.15, 0.2) is 24.3 Å². The molecule has 1 heterocycles. The highest BCUT2D eigenvalue weighted by Crippen LogP contribution is 2.33. The summed E-state index contributed by atoms with van der Waals surface area (Å²) >= 11 is 3.84. The highest BCUT2D eigenvalue weighted by Gasteiger charge is 2.28. The van der Waals surface area contributed by atoms with E-state index in [1.54, 1.807) is 0 Å². The Balaban J connectivity index is 2.03. The zero-order chi connectivity index (χ0) is 14.1. The van der Waals surface area contributed by atoms with E-state index in [1.807, 2.05) is 6.92 Å². The maximum atomic E-state index is 4.47. The number of rotatable bonds is 2. The van der Waals surface area contributed by atoms with Gasteiger partial charge in [0.2, 0.25) is 0 Å². The van der Waals surface area contributed by atoms with Crippen molar-refractivity contribution < 1.29 is 0 Å². The molecule has 1 aliphatic rings. The van der Waals surface area contributed by atoms with Crippen molar-refractivity contribution in [3.63, 3.8) is 0 Å². The molecule has 0 saturated heterocycles. The highest BCUT2D eigenvalue weighted by molar-refractivity contribution is 9.09. The Morgan fingerprint density at radius 2 is 1.80 bits per heavy atom. The summed E-state index contributed by atoms with van der Waals surface area (Å²) in [6.45, 7) is 2.02. The van der Waals surface area contributed by atoms with Gasteiger partial charge in [-0.15, -0.1) is 5.10 Å². The van der Waals surface area contributed by atoms with Crippen molar-refractivity contribution in [2.45, 2.75) is 43.5 Å². The smallest absolute Gasteiger partial charge is 0.159 e. The van der Waals surface area contributed by atoms with Gasteiger partial charge in [-0.05, 0) is 19.8 Å². The van der Waals surface area contributed by atoms with Crippen LogP contribution in [0.2, 0.25) is 0 Å². The second-order valence-corrected chi connectivity index (χ2v) is 6.81. The lowest BCUT2D eigenvalue weighted by Gasteiger charge is -2.36. The molecule has 1 aromatic carbocycles. The van der Waals surface area contributed by atoms with Gasteiger partial charge in [0.05, 0.1) is 5.69 Å². The van der Waals surface area contributed by atoms with Crippen LogP contribution in [0.5, 0.6) is 0 Å². The molecule has 0 spiro atoms. The average Bonchev–Trinajstić information content (AvgIpc) is 2.48. The first-order valence-corrected chi connectivity index (χ1v) is 8.19. The Kier molecular flexibility index (Phi) is 3.92. The standard InChI is InChI=1S/C16H20BrN3/c1-11-12-7-3-4-8-13(12)16(19-18-11)20(2)15-10-6-5-9-14(15)17/h3-4,7-8,14-15H,5-6,9-10H2,1-2H3. The van der Waals surface area contributed by atoms with E-state index in [0.29, 0.717) is 10.9 Å². The molecule has 4 heteroatoms. The van der Waals surface area contributed by atoms with Gasteiger partial charge in [0.15, 0.2) is 5.82 Å². The normalized spacial score (nSPS) is 22.9. The number of fused-ring (bicyclic) bond motifs is 1. The Bertz CT molecular complexity index is 614. The lowest BCUT2D eigenvalue weighted by atomic mass is 9.94. The van der Waals surface area contributed by atoms with Crippen LogP contribution < -0.4 is 4.90 Å². The summed E-state index contributed by atoms with van der Waals surface area (Å²) in [6.07, 6.45) is 5.08. The average molecular weight is 334 g/mol. The lowest BCUT2D eigenvalue weighted by Crippen LogP contribution is -2.41. The number of benzene rings is 1. The Morgan fingerprint density at radius 1 is 1.10 bits per heavy atom. The third-order valence-electron chi connectivity index (χ3n) is 4.33. The summed E-state index contributed by atoms with van der Waals surface area (Å²) in [5, 5.41) is 11.2. The van der Waals surface area contributed by atoms with Crippen LogP contribution in [0.1, 0.15) is 31.4 Å². The fourth-order valence-electron chi connectivity index (χ4n) is 3.14. The molecule has 1 saturated carbocycles. The van der Waals surface area contributed by atoms with Crippen molar-refractivity contribution in [1.29, 1.82) is 0 Å². The van der Waals surface area contributed by atoms with Crippen molar-refractivity contribution in [2.75, 3.05) is 11.9 Å². The molecule has 106 valence electrons. The largest absolute Gasteiger partial charge is 0.354 e. The summed E-state index contributed by atoms with van der Waals surface area (Å²) in [4.78, 5) is 2.86. The van der Waals surface area contributed by atoms with Crippen LogP contribution in [0.25, 0.3) is 10.8 Å². The minimum absolute atomic E-state index is 0.504. The molecule has 1 aliphatic carbocycles. The molecule has 0 N–H and O–H groups in total. The fourth-order valence-corrected chi connectivity index (χ4v) is 4.09. The van der Waals surface area contributed by atoms with Gasteiger partial charge in [0.25, 0.3) is 0 Å². The number of halogens is 1. The molecule has 20 heavy (non-hydrogen) atoms. The summed E-state index contributed by atoms with van der Waals surface area (Å²) in [5.41, 5.74) is 0.997. The lowest BCUT2D eigenvalue weighted by molar-refractivity contribution is 0.442. The zero-order valence-electron chi connectivity index (χ0n) is 12.0. The van der Waals surface area contributed by atoms with E-state index in [-0.39, 0.29) is 0 Å². The van der Waals surface area contributed by atoms with Crippen LogP contribution in [-0.2, 0) is 0 Å². The first-order valence-electron chi connectivity index (χ1n) is 7.27. The Morgan fingerprint density at radius 3 is 2.55 bits per heavy atom. The van der Waals surface area contributed by atoms with Gasteiger partial charge in [0, 0.05) is 28.7 Å². The van der Waals surface area contributed by atoms with Gasteiger partial charge in [-0.2, -0.15) is 5.10 Å². The van der Waals surface area contributed by atoms with E-state index in [2.05, 4.69) is 62.3 Å². The first-order chi connectivity index (χ1) is 9.68. The van der Waals surface area contributed by atoms with Crippen molar-refractivity contribution in [2.24, 2.45) is 0 Å². The molecule has 1 aromatic heterocycles. The van der Waals surface area contributed by atoms with Crippen LogP contribution in [0, 0.1) is 6.92 Å². The molecule has 0 aliphatic heterocycles. The number of anilines is 1. The second kappa shape index (κ2) is 5.68. The summed E-state index contributed by atoms with van der Waals surface area (Å²) in [6, 6.07) is 8.92. The second-order valence-electron chi connectivity index (χ2n) is 5.63. The Hall–Kier alpha value is -1.16. The number of nitrogens with zero attached hydrogens (tertiary/aromatic N) is 3. The molecular weight excluding hydrogens is 314 g/mol.